The van der Waals surface area contributed by atoms with Crippen molar-refractivity contribution in [3.05, 3.63) is 52.9 Å². The molecular weight excluding hydrogens is 254 g/mol. The maximum absolute atomic E-state index is 11.9. The van der Waals surface area contributed by atoms with Crippen molar-refractivity contribution in [3.63, 3.8) is 0 Å². The number of anilines is 1. The predicted octanol–water partition coefficient (Wildman–Crippen LogP) is 3.09. The minimum atomic E-state index is -0.373. The van der Waals surface area contributed by atoms with Crippen molar-refractivity contribution in [2.75, 3.05) is 5.32 Å². The zero-order valence-electron chi connectivity index (χ0n) is 11.0. The van der Waals surface area contributed by atoms with E-state index < -0.39 is 0 Å². The Kier molecular flexibility index (Phi) is 3.37. The summed E-state index contributed by atoms with van der Waals surface area (Å²) < 4.78 is 5.05. The molecule has 1 aliphatic rings. The molecule has 1 aliphatic carbocycles. The number of benzene rings is 1. The van der Waals surface area contributed by atoms with Crippen molar-refractivity contribution in [2.24, 2.45) is 5.92 Å². The van der Waals surface area contributed by atoms with Crippen molar-refractivity contribution < 1.29 is 9.21 Å². The number of nitrogens with one attached hydrogen (secondary N) is 1. The van der Waals surface area contributed by atoms with Gasteiger partial charge >= 0.3 is 5.63 Å². The fourth-order valence-electron chi connectivity index (χ4n) is 2.47. The zero-order chi connectivity index (χ0) is 13.9. The molecule has 102 valence electrons. The van der Waals surface area contributed by atoms with Crippen molar-refractivity contribution in [1.82, 2.24) is 0 Å². The molecule has 0 spiro atoms. The summed E-state index contributed by atoms with van der Waals surface area (Å²) in [6.45, 7) is 0. The molecule has 1 heterocycles. The van der Waals surface area contributed by atoms with Crippen LogP contribution in [0.2, 0.25) is 0 Å². The summed E-state index contributed by atoms with van der Waals surface area (Å²) in [6, 6.07) is 8.31. The van der Waals surface area contributed by atoms with Gasteiger partial charge in [-0.1, -0.05) is 12.2 Å². The minimum absolute atomic E-state index is 0.0123. The van der Waals surface area contributed by atoms with Gasteiger partial charge in [-0.2, -0.15) is 0 Å². The van der Waals surface area contributed by atoms with Gasteiger partial charge in [0.2, 0.25) is 5.91 Å². The van der Waals surface area contributed by atoms with Crippen molar-refractivity contribution in [1.29, 1.82) is 0 Å². The Labute approximate surface area is 116 Å². The van der Waals surface area contributed by atoms with E-state index >= 15 is 0 Å². The molecule has 1 amide bonds. The molecule has 1 aromatic heterocycles. The molecule has 0 bridgehead atoms. The molecule has 4 nitrogen and oxygen atoms in total. The highest BCUT2D eigenvalue weighted by Gasteiger charge is 2.14. The number of carbonyl (C=O) groups is 1. The fourth-order valence-corrected chi connectivity index (χ4v) is 2.47. The van der Waals surface area contributed by atoms with Gasteiger partial charge in [-0.05, 0) is 43.0 Å². The van der Waals surface area contributed by atoms with E-state index in [1.165, 1.54) is 6.07 Å². The van der Waals surface area contributed by atoms with Crippen LogP contribution in [0.25, 0.3) is 11.0 Å². The number of hydrogen-bond donors (Lipinski definition) is 1. The second-order valence-electron chi connectivity index (χ2n) is 5.02. The quantitative estimate of drug-likeness (QED) is 0.688. The van der Waals surface area contributed by atoms with E-state index in [4.69, 9.17) is 4.42 Å². The third-order valence-corrected chi connectivity index (χ3v) is 3.46. The molecule has 3 rings (SSSR count). The molecule has 0 saturated heterocycles. The summed E-state index contributed by atoms with van der Waals surface area (Å²) in [5.74, 6) is 0.367. The number of fused-ring (bicyclic) bond motifs is 1. The monoisotopic (exact) mass is 269 g/mol. The lowest BCUT2D eigenvalue weighted by Crippen LogP contribution is -2.14. The summed E-state index contributed by atoms with van der Waals surface area (Å²) in [4.78, 5) is 23.0. The van der Waals surface area contributed by atoms with Gasteiger partial charge in [0.05, 0.1) is 0 Å². The van der Waals surface area contributed by atoms with Crippen LogP contribution < -0.4 is 10.9 Å². The van der Waals surface area contributed by atoms with Gasteiger partial charge in [0.25, 0.3) is 0 Å². The zero-order valence-corrected chi connectivity index (χ0v) is 11.0. The van der Waals surface area contributed by atoms with Crippen molar-refractivity contribution in [3.8, 4) is 0 Å². The summed E-state index contributed by atoms with van der Waals surface area (Å²) in [5.41, 5.74) is 0.870. The van der Waals surface area contributed by atoms with Gasteiger partial charge in [-0.25, -0.2) is 4.79 Å². The molecular formula is C16H15NO3. The van der Waals surface area contributed by atoms with Crippen LogP contribution in [0.3, 0.4) is 0 Å². The number of allylic oxidation sites excluding steroid dienone is 2. The third kappa shape index (κ3) is 2.79. The van der Waals surface area contributed by atoms with E-state index in [1.807, 2.05) is 0 Å². The molecule has 0 fully saturated rings. The topological polar surface area (TPSA) is 59.3 Å². The van der Waals surface area contributed by atoms with E-state index in [9.17, 15) is 9.59 Å². The standard InChI is InChI=1S/C16H15NO3/c18-15(9-11-3-1-2-4-11)17-13-6-7-14-12(10-13)5-8-16(19)20-14/h1,3,5-8,10-11H,2,4,9H2,(H,17,18). The van der Waals surface area contributed by atoms with Crippen LogP contribution in [-0.4, -0.2) is 5.91 Å². The lowest BCUT2D eigenvalue weighted by atomic mass is 10.0. The molecule has 1 aromatic carbocycles. The van der Waals surface area contributed by atoms with Gasteiger partial charge in [0.15, 0.2) is 0 Å². The summed E-state index contributed by atoms with van der Waals surface area (Å²) in [7, 11) is 0. The first kappa shape index (κ1) is 12.7. The SMILES string of the molecule is O=C(CC1C=CCC1)Nc1ccc2oc(=O)ccc2c1. The van der Waals surface area contributed by atoms with E-state index in [1.54, 1.807) is 24.3 Å². The van der Waals surface area contributed by atoms with Crippen LogP contribution in [0.1, 0.15) is 19.3 Å². The molecule has 0 saturated carbocycles. The third-order valence-electron chi connectivity index (χ3n) is 3.46. The maximum Gasteiger partial charge on any atom is 0.336 e. The smallest absolute Gasteiger partial charge is 0.336 e. The van der Waals surface area contributed by atoms with Gasteiger partial charge in [0, 0.05) is 23.6 Å². The Morgan fingerprint density at radius 2 is 2.20 bits per heavy atom. The van der Waals surface area contributed by atoms with E-state index in [2.05, 4.69) is 17.5 Å². The normalized spacial score (nSPS) is 17.5. The average Bonchev–Trinajstić information content (AvgIpc) is 2.91. The van der Waals surface area contributed by atoms with Crippen LogP contribution in [0.5, 0.6) is 0 Å². The molecule has 1 atom stereocenters. The first-order valence-corrected chi connectivity index (χ1v) is 6.71. The number of hydrogen-bond acceptors (Lipinski definition) is 3. The lowest BCUT2D eigenvalue weighted by molar-refractivity contribution is -0.116. The van der Waals surface area contributed by atoms with Crippen LogP contribution in [0.4, 0.5) is 5.69 Å². The Hall–Kier alpha value is -2.36. The lowest BCUT2D eigenvalue weighted by Gasteiger charge is -2.09. The van der Waals surface area contributed by atoms with Gasteiger partial charge in [-0.15, -0.1) is 0 Å². The second kappa shape index (κ2) is 5.33. The average molecular weight is 269 g/mol. The summed E-state index contributed by atoms with van der Waals surface area (Å²) >= 11 is 0. The molecule has 2 aromatic rings. The van der Waals surface area contributed by atoms with Gasteiger partial charge in [-0.3, -0.25) is 4.79 Å². The van der Waals surface area contributed by atoms with Crippen LogP contribution in [0.15, 0.2) is 51.7 Å². The van der Waals surface area contributed by atoms with Gasteiger partial charge in [0.1, 0.15) is 5.58 Å². The second-order valence-corrected chi connectivity index (χ2v) is 5.02. The first-order valence-electron chi connectivity index (χ1n) is 6.71. The van der Waals surface area contributed by atoms with Crippen molar-refractivity contribution >= 4 is 22.6 Å². The number of rotatable bonds is 3. The Morgan fingerprint density at radius 3 is 3.00 bits per heavy atom. The Morgan fingerprint density at radius 1 is 1.30 bits per heavy atom. The molecule has 0 aliphatic heterocycles. The first-order chi connectivity index (χ1) is 9.70. The largest absolute Gasteiger partial charge is 0.423 e. The van der Waals surface area contributed by atoms with E-state index in [0.29, 0.717) is 17.9 Å². The fraction of sp³-hybridized carbons (Fsp3) is 0.250. The van der Waals surface area contributed by atoms with Gasteiger partial charge < -0.3 is 9.73 Å². The van der Waals surface area contributed by atoms with Crippen LogP contribution in [0, 0.1) is 5.92 Å². The molecule has 20 heavy (non-hydrogen) atoms. The Balaban J connectivity index is 1.73. The predicted molar refractivity (Wildman–Crippen MR) is 77.6 cm³/mol. The molecule has 1 N–H and O–H groups in total. The molecule has 1 unspecified atom stereocenters. The van der Waals surface area contributed by atoms with E-state index in [0.717, 1.165) is 23.9 Å². The Bertz CT molecular complexity index is 730. The molecule has 0 radical (unpaired) electrons. The minimum Gasteiger partial charge on any atom is -0.423 e. The highest BCUT2D eigenvalue weighted by molar-refractivity contribution is 5.93. The van der Waals surface area contributed by atoms with Crippen molar-refractivity contribution in [2.45, 2.75) is 19.3 Å². The number of amides is 1. The maximum atomic E-state index is 11.9. The number of carbonyl (C=O) groups excluding carboxylic acids is 1. The van der Waals surface area contributed by atoms with Crippen LogP contribution in [-0.2, 0) is 4.79 Å². The van der Waals surface area contributed by atoms with E-state index in [-0.39, 0.29) is 11.5 Å². The molecule has 4 heteroatoms. The highest BCUT2D eigenvalue weighted by Crippen LogP contribution is 2.22. The summed E-state index contributed by atoms with van der Waals surface area (Å²) in [5, 5.41) is 3.68. The van der Waals surface area contributed by atoms with Crippen LogP contribution >= 0.6 is 0 Å². The summed E-state index contributed by atoms with van der Waals surface area (Å²) in [6.07, 6.45) is 6.85. The highest BCUT2D eigenvalue weighted by atomic mass is 16.4.